The van der Waals surface area contributed by atoms with E-state index in [2.05, 4.69) is 0 Å². The Kier molecular flexibility index (Phi) is 4.74. The van der Waals surface area contributed by atoms with Crippen molar-refractivity contribution in [3.05, 3.63) is 73.6 Å². The molecule has 0 saturated heterocycles. The van der Waals surface area contributed by atoms with Crippen LogP contribution in [0.25, 0.3) is 10.9 Å². The highest BCUT2D eigenvalue weighted by molar-refractivity contribution is 5.84. The number of rotatable bonds is 4. The molecule has 1 aliphatic rings. The van der Waals surface area contributed by atoms with E-state index in [0.717, 1.165) is 29.3 Å². The first kappa shape index (κ1) is 19.0. The first-order valence-corrected chi connectivity index (χ1v) is 9.46. The molecule has 7 nitrogen and oxygen atoms in total. The lowest BCUT2D eigenvalue weighted by molar-refractivity contribution is -0.140. The van der Waals surface area contributed by atoms with Gasteiger partial charge in [-0.2, -0.15) is 0 Å². The van der Waals surface area contributed by atoms with Crippen LogP contribution in [0.15, 0.2) is 44.3 Å². The summed E-state index contributed by atoms with van der Waals surface area (Å²) in [6.07, 6.45) is 1.46. The van der Waals surface area contributed by atoms with E-state index in [-0.39, 0.29) is 34.6 Å². The molecule has 3 heterocycles. The van der Waals surface area contributed by atoms with Crippen LogP contribution < -0.4 is 11.2 Å². The van der Waals surface area contributed by atoms with E-state index in [9.17, 15) is 19.5 Å². The van der Waals surface area contributed by atoms with Gasteiger partial charge in [0.05, 0.1) is 24.6 Å². The van der Waals surface area contributed by atoms with Crippen molar-refractivity contribution in [2.24, 2.45) is 0 Å². The lowest BCUT2D eigenvalue weighted by atomic mass is 9.88. The van der Waals surface area contributed by atoms with Crippen LogP contribution in [0, 0.1) is 6.92 Å². The Balaban J connectivity index is 2.01. The monoisotopic (exact) mass is 395 g/mol. The minimum absolute atomic E-state index is 0.114. The van der Waals surface area contributed by atoms with E-state index >= 15 is 0 Å². The van der Waals surface area contributed by atoms with Gasteiger partial charge in [-0.3, -0.25) is 9.59 Å². The number of esters is 1. The van der Waals surface area contributed by atoms with E-state index in [1.807, 2.05) is 18.2 Å². The van der Waals surface area contributed by atoms with Gasteiger partial charge in [0.25, 0.3) is 5.56 Å². The number of ether oxygens (including phenoxy) is 1. The molecule has 0 aliphatic carbocycles. The number of pyridine rings is 1. The Morgan fingerprint density at radius 1 is 1.31 bits per heavy atom. The fraction of sp³-hybridized carbons (Fsp3) is 0.318. The van der Waals surface area contributed by atoms with Crippen molar-refractivity contribution in [2.75, 3.05) is 7.11 Å². The molecule has 2 aromatic heterocycles. The first-order chi connectivity index (χ1) is 13.9. The van der Waals surface area contributed by atoms with Crippen molar-refractivity contribution in [1.82, 2.24) is 4.57 Å². The largest absolute Gasteiger partial charge is 0.507 e. The number of carbonyl (C=O) groups excluding carboxylic acids is 1. The third-order valence-electron chi connectivity index (χ3n) is 5.46. The second-order valence-electron chi connectivity index (χ2n) is 7.29. The predicted molar refractivity (Wildman–Crippen MR) is 106 cm³/mol. The Morgan fingerprint density at radius 3 is 2.83 bits per heavy atom. The van der Waals surface area contributed by atoms with Gasteiger partial charge in [-0.1, -0.05) is 18.2 Å². The van der Waals surface area contributed by atoms with E-state index in [1.54, 1.807) is 10.6 Å². The molecule has 3 aromatic rings. The Labute approximate surface area is 166 Å². The van der Waals surface area contributed by atoms with Crippen molar-refractivity contribution in [3.8, 4) is 5.75 Å². The number of para-hydroxylation sites is 1. The summed E-state index contributed by atoms with van der Waals surface area (Å²) in [4.78, 5) is 38.0. The minimum atomic E-state index is -0.981. The molecule has 0 unspecified atom stereocenters. The quantitative estimate of drug-likeness (QED) is 0.682. The van der Waals surface area contributed by atoms with Gasteiger partial charge in [-0.05, 0) is 36.8 Å². The number of aromatic hydroxyl groups is 1. The van der Waals surface area contributed by atoms with E-state index in [1.165, 1.54) is 20.1 Å². The molecule has 0 saturated carbocycles. The van der Waals surface area contributed by atoms with Gasteiger partial charge in [0.15, 0.2) is 0 Å². The number of aromatic nitrogens is 1. The van der Waals surface area contributed by atoms with E-state index < -0.39 is 17.5 Å². The van der Waals surface area contributed by atoms with Crippen LogP contribution in [0.4, 0.5) is 0 Å². The standard InChI is InChI=1S/C22H21NO6/c1-12-9-17(24)19(22(27)29-12)15(11-18(25)28-2)16-10-14-6-3-5-13-7-4-8-23(20(13)14)21(16)26/h3,5-6,9-10,15,24H,4,7-8,11H2,1-2H3/t15-/m0/s1. The fourth-order valence-electron chi connectivity index (χ4n) is 4.18. The third-order valence-corrected chi connectivity index (χ3v) is 5.46. The summed E-state index contributed by atoms with van der Waals surface area (Å²) in [5, 5.41) is 11.3. The molecule has 1 aliphatic heterocycles. The van der Waals surface area contributed by atoms with Crippen molar-refractivity contribution in [3.63, 3.8) is 0 Å². The maximum Gasteiger partial charge on any atom is 0.343 e. The van der Waals surface area contributed by atoms with Gasteiger partial charge in [0, 0.05) is 24.1 Å². The zero-order chi connectivity index (χ0) is 20.7. The molecule has 1 aromatic carbocycles. The number of hydrogen-bond acceptors (Lipinski definition) is 6. The predicted octanol–water partition coefficient (Wildman–Crippen LogP) is 2.61. The molecule has 0 spiro atoms. The van der Waals surface area contributed by atoms with Crippen LogP contribution in [0.5, 0.6) is 5.75 Å². The SMILES string of the molecule is COC(=O)C[C@H](c1c(O)cc(C)oc1=O)c1cc2cccc3c2n(c1=O)CCC3. The molecule has 7 heteroatoms. The average Bonchev–Trinajstić information content (AvgIpc) is 2.69. The van der Waals surface area contributed by atoms with E-state index in [0.29, 0.717) is 6.54 Å². The number of methoxy groups -OCH3 is 1. The highest BCUT2D eigenvalue weighted by atomic mass is 16.5. The summed E-state index contributed by atoms with van der Waals surface area (Å²) in [5.74, 6) is -1.64. The van der Waals surface area contributed by atoms with Crippen LogP contribution in [0.1, 0.15) is 41.2 Å². The molecule has 4 rings (SSSR count). The summed E-state index contributed by atoms with van der Waals surface area (Å²) < 4.78 is 11.6. The molecule has 0 amide bonds. The van der Waals surface area contributed by atoms with E-state index in [4.69, 9.17) is 9.15 Å². The molecular weight excluding hydrogens is 374 g/mol. The second kappa shape index (κ2) is 7.24. The van der Waals surface area contributed by atoms with Crippen molar-refractivity contribution in [1.29, 1.82) is 0 Å². The number of benzene rings is 1. The normalized spacial score (nSPS) is 14.0. The van der Waals surface area contributed by atoms with Gasteiger partial charge in [0.1, 0.15) is 11.5 Å². The van der Waals surface area contributed by atoms with Crippen molar-refractivity contribution < 1.29 is 19.1 Å². The van der Waals surface area contributed by atoms with Gasteiger partial charge >= 0.3 is 11.6 Å². The number of carbonyl (C=O) groups is 1. The summed E-state index contributed by atoms with van der Waals surface area (Å²) in [6.45, 7) is 2.09. The summed E-state index contributed by atoms with van der Waals surface area (Å²) >= 11 is 0. The maximum absolute atomic E-state index is 13.4. The van der Waals surface area contributed by atoms with Gasteiger partial charge in [0.2, 0.25) is 0 Å². The van der Waals surface area contributed by atoms with Gasteiger partial charge in [-0.15, -0.1) is 0 Å². The summed E-state index contributed by atoms with van der Waals surface area (Å²) in [6, 6.07) is 8.84. The molecule has 150 valence electrons. The zero-order valence-corrected chi connectivity index (χ0v) is 16.2. The first-order valence-electron chi connectivity index (χ1n) is 9.46. The molecule has 29 heavy (non-hydrogen) atoms. The molecule has 0 bridgehead atoms. The third kappa shape index (κ3) is 3.22. The highest BCUT2D eigenvalue weighted by Gasteiger charge is 2.30. The Bertz CT molecular complexity index is 1240. The maximum atomic E-state index is 13.4. The zero-order valence-electron chi connectivity index (χ0n) is 16.2. The van der Waals surface area contributed by atoms with Crippen molar-refractivity contribution in [2.45, 2.75) is 38.6 Å². The fourth-order valence-corrected chi connectivity index (χ4v) is 4.18. The average molecular weight is 395 g/mol. The molecular formula is C22H21NO6. The van der Waals surface area contributed by atoms with Crippen LogP contribution in [0.3, 0.4) is 0 Å². The number of hydrogen-bond donors (Lipinski definition) is 1. The lowest BCUT2D eigenvalue weighted by Crippen LogP contribution is -2.31. The van der Waals surface area contributed by atoms with Crippen molar-refractivity contribution >= 4 is 16.9 Å². The minimum Gasteiger partial charge on any atom is -0.507 e. The van der Waals surface area contributed by atoms with Crippen LogP contribution in [0.2, 0.25) is 0 Å². The van der Waals surface area contributed by atoms with Crippen LogP contribution >= 0.6 is 0 Å². The number of nitrogens with zero attached hydrogens (tertiary/aromatic N) is 1. The molecule has 1 atom stereocenters. The summed E-state index contributed by atoms with van der Waals surface area (Å²) in [7, 11) is 1.24. The smallest absolute Gasteiger partial charge is 0.343 e. The lowest BCUT2D eigenvalue weighted by Gasteiger charge is -2.23. The van der Waals surface area contributed by atoms with Gasteiger partial charge < -0.3 is 18.8 Å². The van der Waals surface area contributed by atoms with Gasteiger partial charge in [-0.25, -0.2) is 4.79 Å². The van der Waals surface area contributed by atoms with Crippen LogP contribution in [-0.4, -0.2) is 22.8 Å². The Hall–Kier alpha value is -3.35. The molecule has 0 radical (unpaired) electrons. The highest BCUT2D eigenvalue weighted by Crippen LogP contribution is 2.33. The van der Waals surface area contributed by atoms with Crippen LogP contribution in [-0.2, 0) is 22.5 Å². The second-order valence-corrected chi connectivity index (χ2v) is 7.29. The Morgan fingerprint density at radius 2 is 2.10 bits per heavy atom. The molecule has 1 N–H and O–H groups in total. The topological polar surface area (TPSA) is 98.7 Å². The molecule has 0 fully saturated rings. The summed E-state index contributed by atoms with van der Waals surface area (Å²) in [5.41, 5.74) is 1.07. The number of aryl methyl sites for hydroxylation is 3.